The highest BCUT2D eigenvalue weighted by molar-refractivity contribution is 5.54. The third kappa shape index (κ3) is 3.44. The van der Waals surface area contributed by atoms with Crippen molar-refractivity contribution in [3.63, 3.8) is 0 Å². The van der Waals surface area contributed by atoms with Crippen molar-refractivity contribution in [1.82, 2.24) is 10.1 Å². The fourth-order valence-electron chi connectivity index (χ4n) is 1.66. The minimum Gasteiger partial charge on any atom is -0.370 e. The number of nitrogens with one attached hydrogen (secondary N) is 2. The number of rotatable bonds is 6. The second kappa shape index (κ2) is 6.00. The summed E-state index contributed by atoms with van der Waals surface area (Å²) in [5.74, 6) is 1.50. The lowest BCUT2D eigenvalue weighted by Gasteiger charge is -2.07. The van der Waals surface area contributed by atoms with E-state index in [-0.39, 0.29) is 5.69 Å². The van der Waals surface area contributed by atoms with Gasteiger partial charge in [0.25, 0.3) is 5.69 Å². The van der Waals surface area contributed by atoms with E-state index in [2.05, 4.69) is 20.8 Å². The Labute approximate surface area is 115 Å². The van der Waals surface area contributed by atoms with Gasteiger partial charge in [-0.15, -0.1) is 0 Å². The van der Waals surface area contributed by atoms with Gasteiger partial charge in [-0.05, 0) is 13.8 Å². The van der Waals surface area contributed by atoms with E-state index in [0.29, 0.717) is 30.5 Å². The van der Waals surface area contributed by atoms with Gasteiger partial charge in [0.2, 0.25) is 0 Å². The summed E-state index contributed by atoms with van der Waals surface area (Å²) in [7, 11) is 0. The quantitative estimate of drug-likeness (QED) is 0.616. The lowest BCUT2D eigenvalue weighted by atomic mass is 10.3. The van der Waals surface area contributed by atoms with Gasteiger partial charge in [-0.2, -0.15) is 0 Å². The van der Waals surface area contributed by atoms with Crippen molar-refractivity contribution < 1.29 is 9.45 Å². The molecule has 0 radical (unpaired) electrons. The van der Waals surface area contributed by atoms with Crippen LogP contribution in [-0.2, 0) is 6.54 Å². The molecule has 2 rings (SSSR count). The molecule has 0 amide bonds. The van der Waals surface area contributed by atoms with Crippen LogP contribution in [0.2, 0.25) is 0 Å². The van der Waals surface area contributed by atoms with Crippen molar-refractivity contribution in [3.05, 3.63) is 39.8 Å². The highest BCUT2D eigenvalue weighted by Gasteiger charge is 2.11. The van der Waals surface area contributed by atoms with Crippen molar-refractivity contribution in [2.75, 3.05) is 17.2 Å². The Balaban J connectivity index is 2.15. The third-order valence-corrected chi connectivity index (χ3v) is 2.50. The first kappa shape index (κ1) is 13.8. The van der Waals surface area contributed by atoms with Gasteiger partial charge in [-0.1, -0.05) is 5.16 Å². The molecule has 0 aliphatic heterocycles. The van der Waals surface area contributed by atoms with Crippen molar-refractivity contribution in [3.8, 4) is 0 Å². The summed E-state index contributed by atoms with van der Waals surface area (Å²) in [6.45, 7) is 4.71. The van der Waals surface area contributed by atoms with Crippen LogP contribution in [0.25, 0.3) is 0 Å². The van der Waals surface area contributed by atoms with Crippen LogP contribution in [0.4, 0.5) is 17.3 Å². The Hall–Kier alpha value is -2.64. The molecule has 0 bridgehead atoms. The molecule has 0 unspecified atom stereocenters. The predicted octanol–water partition coefficient (Wildman–Crippen LogP) is 2.33. The van der Waals surface area contributed by atoms with Gasteiger partial charge in [0.05, 0.1) is 29.3 Å². The molecule has 2 aromatic rings. The molecule has 2 heterocycles. The maximum Gasteiger partial charge on any atom is 0.276 e. The van der Waals surface area contributed by atoms with Gasteiger partial charge in [0, 0.05) is 12.6 Å². The number of nitro groups is 1. The van der Waals surface area contributed by atoms with Crippen molar-refractivity contribution >= 4 is 17.3 Å². The van der Waals surface area contributed by atoms with Crippen molar-refractivity contribution in [2.45, 2.75) is 20.4 Å². The SMILES string of the molecule is CCNc1cc([N+](=O)[O-])cc(NCc2cc(C)no2)n1. The number of hydrogen-bond acceptors (Lipinski definition) is 7. The molecule has 8 nitrogen and oxygen atoms in total. The zero-order valence-electron chi connectivity index (χ0n) is 11.2. The summed E-state index contributed by atoms with van der Waals surface area (Å²) < 4.78 is 5.05. The van der Waals surface area contributed by atoms with Gasteiger partial charge in [0.1, 0.15) is 11.6 Å². The first-order chi connectivity index (χ1) is 9.58. The predicted molar refractivity (Wildman–Crippen MR) is 73.6 cm³/mol. The second-order valence-corrected chi connectivity index (χ2v) is 4.17. The monoisotopic (exact) mass is 277 g/mol. The number of aryl methyl sites for hydroxylation is 1. The van der Waals surface area contributed by atoms with E-state index in [1.807, 2.05) is 13.8 Å². The zero-order valence-corrected chi connectivity index (χ0v) is 11.2. The summed E-state index contributed by atoms with van der Waals surface area (Å²) in [5.41, 5.74) is 0.759. The maximum atomic E-state index is 10.9. The van der Waals surface area contributed by atoms with E-state index in [9.17, 15) is 10.1 Å². The summed E-state index contributed by atoms with van der Waals surface area (Å²) >= 11 is 0. The largest absolute Gasteiger partial charge is 0.370 e. The molecule has 2 N–H and O–H groups in total. The number of anilines is 2. The van der Waals surface area contributed by atoms with Crippen LogP contribution in [0, 0.1) is 17.0 Å². The Morgan fingerprint density at radius 3 is 2.55 bits per heavy atom. The summed E-state index contributed by atoms with van der Waals surface area (Å²) in [4.78, 5) is 14.7. The van der Waals surface area contributed by atoms with Crippen LogP contribution < -0.4 is 10.6 Å². The highest BCUT2D eigenvalue weighted by atomic mass is 16.6. The number of nitrogens with zero attached hydrogens (tertiary/aromatic N) is 3. The van der Waals surface area contributed by atoms with Crippen LogP contribution in [0.5, 0.6) is 0 Å². The topological polar surface area (TPSA) is 106 Å². The molecule has 2 aromatic heterocycles. The first-order valence-electron chi connectivity index (χ1n) is 6.15. The molecule has 0 aromatic carbocycles. The molecular weight excluding hydrogens is 262 g/mol. The molecule has 0 aliphatic carbocycles. The van der Waals surface area contributed by atoms with Crippen molar-refractivity contribution in [1.29, 1.82) is 0 Å². The Morgan fingerprint density at radius 2 is 2.00 bits per heavy atom. The Bertz CT molecular complexity index is 611. The van der Waals surface area contributed by atoms with Gasteiger partial charge >= 0.3 is 0 Å². The molecule has 20 heavy (non-hydrogen) atoms. The Morgan fingerprint density at radius 1 is 1.30 bits per heavy atom. The normalized spacial score (nSPS) is 10.3. The number of hydrogen-bond donors (Lipinski definition) is 2. The van der Waals surface area contributed by atoms with Crippen LogP contribution >= 0.6 is 0 Å². The van der Waals surface area contributed by atoms with E-state index in [1.54, 1.807) is 6.07 Å². The molecule has 106 valence electrons. The zero-order chi connectivity index (χ0) is 14.5. The average molecular weight is 277 g/mol. The minimum atomic E-state index is -0.452. The summed E-state index contributed by atoms with van der Waals surface area (Å²) in [6, 6.07) is 4.56. The number of pyridine rings is 1. The first-order valence-corrected chi connectivity index (χ1v) is 6.15. The van der Waals surface area contributed by atoms with E-state index >= 15 is 0 Å². The highest BCUT2D eigenvalue weighted by Crippen LogP contribution is 2.21. The second-order valence-electron chi connectivity index (χ2n) is 4.17. The molecule has 0 spiro atoms. The summed E-state index contributed by atoms with van der Waals surface area (Å²) in [6.07, 6.45) is 0. The number of aromatic nitrogens is 2. The fraction of sp³-hybridized carbons (Fsp3) is 0.333. The van der Waals surface area contributed by atoms with Gasteiger partial charge in [-0.3, -0.25) is 10.1 Å². The molecule has 8 heteroatoms. The molecule has 0 saturated heterocycles. The minimum absolute atomic E-state index is 0.0211. The van der Waals surface area contributed by atoms with E-state index < -0.39 is 4.92 Å². The van der Waals surface area contributed by atoms with Crippen LogP contribution in [0.3, 0.4) is 0 Å². The maximum absolute atomic E-state index is 10.9. The summed E-state index contributed by atoms with van der Waals surface area (Å²) in [5, 5.41) is 20.6. The lowest BCUT2D eigenvalue weighted by molar-refractivity contribution is -0.384. The van der Waals surface area contributed by atoms with Crippen LogP contribution in [0.15, 0.2) is 22.7 Å². The van der Waals surface area contributed by atoms with Gasteiger partial charge < -0.3 is 15.2 Å². The standard InChI is InChI=1S/C12H15N5O3/c1-3-13-11-5-9(17(18)19)6-12(15-11)14-7-10-4-8(2)16-20-10/h4-6H,3,7H2,1-2H3,(H2,13,14,15). The average Bonchev–Trinajstić information content (AvgIpc) is 2.82. The van der Waals surface area contributed by atoms with Gasteiger partial charge in [-0.25, -0.2) is 4.98 Å². The Kier molecular flexibility index (Phi) is 4.14. The molecular formula is C12H15N5O3. The fourth-order valence-corrected chi connectivity index (χ4v) is 1.66. The van der Waals surface area contributed by atoms with Crippen molar-refractivity contribution in [2.24, 2.45) is 0 Å². The molecule has 0 saturated carbocycles. The van der Waals surface area contributed by atoms with E-state index in [1.165, 1.54) is 12.1 Å². The lowest BCUT2D eigenvalue weighted by Crippen LogP contribution is -2.05. The molecule has 0 aliphatic rings. The van der Waals surface area contributed by atoms with E-state index in [4.69, 9.17) is 4.52 Å². The van der Waals surface area contributed by atoms with Crippen LogP contribution in [-0.4, -0.2) is 21.6 Å². The van der Waals surface area contributed by atoms with E-state index in [0.717, 1.165) is 5.69 Å². The molecule has 0 fully saturated rings. The smallest absolute Gasteiger partial charge is 0.276 e. The molecule has 0 atom stereocenters. The van der Waals surface area contributed by atoms with Crippen LogP contribution in [0.1, 0.15) is 18.4 Å². The van der Waals surface area contributed by atoms with Gasteiger partial charge in [0.15, 0.2) is 5.76 Å². The third-order valence-electron chi connectivity index (χ3n) is 2.50.